The minimum atomic E-state index is -0.870. The molecule has 6 rings (SSSR count). The molecule has 6 nitrogen and oxygen atoms in total. The molecule has 0 aliphatic carbocycles. The van der Waals surface area contributed by atoms with Gasteiger partial charge in [-0.2, -0.15) is 5.10 Å². The van der Waals surface area contributed by atoms with Crippen LogP contribution in [0.15, 0.2) is 134 Å². The first-order valence-corrected chi connectivity index (χ1v) is 12.6. The lowest BCUT2D eigenvalue weighted by Gasteiger charge is -2.37. The van der Waals surface area contributed by atoms with E-state index in [1.807, 2.05) is 71.4 Å². The Bertz CT molecular complexity index is 1700. The Morgan fingerprint density at radius 2 is 1.33 bits per heavy atom. The zero-order valence-corrected chi connectivity index (χ0v) is 21.0. The third kappa shape index (κ3) is 3.99. The summed E-state index contributed by atoms with van der Waals surface area (Å²) < 4.78 is 2.01. The lowest BCUT2D eigenvalue weighted by molar-refractivity contribution is -0.384. The molecule has 2 aromatic heterocycles. The van der Waals surface area contributed by atoms with Crippen molar-refractivity contribution in [1.29, 1.82) is 0 Å². The van der Waals surface area contributed by atoms with Crippen molar-refractivity contribution in [1.82, 2.24) is 14.8 Å². The van der Waals surface area contributed by atoms with Crippen molar-refractivity contribution >= 4 is 22.7 Å². The molecule has 2 heterocycles. The lowest BCUT2D eigenvalue weighted by Crippen LogP contribution is -2.38. The number of nitrogens with zero attached hydrogens (tertiary/aromatic N) is 4. The van der Waals surface area contributed by atoms with Crippen molar-refractivity contribution in [2.75, 3.05) is 0 Å². The van der Waals surface area contributed by atoms with Crippen LogP contribution in [0.3, 0.4) is 0 Å². The summed E-state index contributed by atoms with van der Waals surface area (Å²) >= 11 is 0. The normalized spacial score (nSPS) is 11.4. The van der Waals surface area contributed by atoms with E-state index in [1.165, 1.54) is 6.07 Å². The maximum atomic E-state index is 11.8. The van der Waals surface area contributed by atoms with Crippen LogP contribution in [0.1, 0.15) is 22.4 Å². The summed E-state index contributed by atoms with van der Waals surface area (Å²) in [5.41, 5.74) is 5.06. The summed E-state index contributed by atoms with van der Waals surface area (Å²) in [5.74, 6) is 0. The van der Waals surface area contributed by atoms with Gasteiger partial charge in [-0.15, -0.1) is 0 Å². The highest BCUT2D eigenvalue weighted by molar-refractivity contribution is 5.95. The van der Waals surface area contributed by atoms with Gasteiger partial charge in [0.05, 0.1) is 16.1 Å². The first-order valence-electron chi connectivity index (χ1n) is 12.6. The molecular formula is C33H24N4O2. The zero-order valence-electron chi connectivity index (χ0n) is 21.0. The summed E-state index contributed by atoms with van der Waals surface area (Å²) in [6.45, 7) is 3.85. The summed E-state index contributed by atoms with van der Waals surface area (Å²) in [5, 5.41) is 17.8. The van der Waals surface area contributed by atoms with Gasteiger partial charge in [0.1, 0.15) is 11.2 Å². The molecular weight excluding hydrogens is 484 g/mol. The quantitative estimate of drug-likeness (QED) is 0.127. The van der Waals surface area contributed by atoms with Crippen LogP contribution in [-0.2, 0) is 5.54 Å². The average molecular weight is 509 g/mol. The Balaban J connectivity index is 1.80. The Morgan fingerprint density at radius 3 is 1.85 bits per heavy atom. The van der Waals surface area contributed by atoms with E-state index >= 15 is 0 Å². The monoisotopic (exact) mass is 508 g/mol. The highest BCUT2D eigenvalue weighted by Gasteiger charge is 2.41. The van der Waals surface area contributed by atoms with Gasteiger partial charge in [0.15, 0.2) is 0 Å². The molecule has 0 saturated heterocycles. The van der Waals surface area contributed by atoms with E-state index in [0.29, 0.717) is 16.8 Å². The van der Waals surface area contributed by atoms with Crippen molar-refractivity contribution in [2.24, 2.45) is 0 Å². The fraction of sp³-hybridized carbons (Fsp3) is 0.0303. The second-order valence-electron chi connectivity index (χ2n) is 9.20. The molecule has 0 saturated carbocycles. The van der Waals surface area contributed by atoms with Crippen LogP contribution in [0, 0.1) is 10.1 Å². The Labute approximate surface area is 225 Å². The Morgan fingerprint density at radius 1 is 0.769 bits per heavy atom. The minimum Gasteiger partial charge on any atom is -0.258 e. The number of hydrogen-bond acceptors (Lipinski definition) is 4. The van der Waals surface area contributed by atoms with Gasteiger partial charge < -0.3 is 0 Å². The van der Waals surface area contributed by atoms with Gasteiger partial charge in [-0.25, -0.2) is 4.68 Å². The van der Waals surface area contributed by atoms with Crippen LogP contribution in [-0.4, -0.2) is 19.7 Å². The van der Waals surface area contributed by atoms with Crippen LogP contribution in [0.2, 0.25) is 0 Å². The zero-order chi connectivity index (χ0) is 26.8. The largest absolute Gasteiger partial charge is 0.270 e. The first-order chi connectivity index (χ1) is 19.1. The smallest absolute Gasteiger partial charge is 0.258 e. The van der Waals surface area contributed by atoms with Crippen LogP contribution < -0.4 is 0 Å². The predicted octanol–water partition coefficient (Wildman–Crippen LogP) is 7.49. The SMILES string of the molecule is C=Cc1cc(-c2nn(C(c3ccccc3)(c3ccccc3)c3ccccc3)c3ccc([N+](=O)[O-])cc23)ccn1. The van der Waals surface area contributed by atoms with Crippen LogP contribution in [0.4, 0.5) is 5.69 Å². The number of benzene rings is 4. The molecule has 0 atom stereocenters. The fourth-order valence-electron chi connectivity index (χ4n) is 5.30. The molecule has 0 bridgehead atoms. The third-order valence-electron chi connectivity index (χ3n) is 7.03. The molecule has 4 aromatic carbocycles. The maximum Gasteiger partial charge on any atom is 0.270 e. The number of hydrogen-bond donors (Lipinski definition) is 0. The predicted molar refractivity (Wildman–Crippen MR) is 154 cm³/mol. The standard InChI is InChI=1S/C33H24N4O2/c1-2-28-22-24(20-21-34-28)32-30-23-29(37(38)39)18-19-31(30)36(35-32)33(25-12-6-3-7-13-25,26-14-8-4-9-15-26)27-16-10-5-11-17-27/h2-23H,1H2. The molecule has 0 fully saturated rings. The van der Waals surface area contributed by atoms with Gasteiger partial charge in [0.2, 0.25) is 0 Å². The molecule has 0 spiro atoms. The number of nitro groups is 1. The second kappa shape index (κ2) is 9.84. The van der Waals surface area contributed by atoms with Crippen molar-refractivity contribution in [3.05, 3.63) is 167 Å². The van der Waals surface area contributed by atoms with Gasteiger partial charge in [0, 0.05) is 29.3 Å². The molecule has 6 heteroatoms. The summed E-state index contributed by atoms with van der Waals surface area (Å²) in [6.07, 6.45) is 3.38. The molecule has 0 N–H and O–H groups in total. The van der Waals surface area contributed by atoms with E-state index < -0.39 is 5.54 Å². The maximum absolute atomic E-state index is 11.8. The number of non-ortho nitro benzene ring substituents is 1. The van der Waals surface area contributed by atoms with Crippen molar-refractivity contribution in [3.8, 4) is 11.3 Å². The number of pyridine rings is 1. The molecule has 0 radical (unpaired) electrons. The van der Waals surface area contributed by atoms with Crippen molar-refractivity contribution < 1.29 is 4.92 Å². The summed E-state index contributed by atoms with van der Waals surface area (Å²) in [6, 6.07) is 39.4. The highest BCUT2D eigenvalue weighted by Crippen LogP contribution is 2.44. The van der Waals surface area contributed by atoms with E-state index in [2.05, 4.69) is 48.0 Å². The van der Waals surface area contributed by atoms with Crippen LogP contribution >= 0.6 is 0 Å². The van der Waals surface area contributed by atoms with Crippen molar-refractivity contribution in [3.63, 3.8) is 0 Å². The van der Waals surface area contributed by atoms with Gasteiger partial charge >= 0.3 is 0 Å². The van der Waals surface area contributed by atoms with Gasteiger partial charge in [-0.05, 0) is 41.0 Å². The van der Waals surface area contributed by atoms with E-state index in [9.17, 15) is 10.1 Å². The minimum absolute atomic E-state index is 0.00559. The highest BCUT2D eigenvalue weighted by atomic mass is 16.6. The first kappa shape index (κ1) is 24.0. The summed E-state index contributed by atoms with van der Waals surface area (Å²) in [4.78, 5) is 15.8. The number of rotatable bonds is 7. The topological polar surface area (TPSA) is 73.8 Å². The molecule has 0 aliphatic rings. The van der Waals surface area contributed by atoms with Crippen LogP contribution in [0.5, 0.6) is 0 Å². The van der Waals surface area contributed by atoms with Crippen LogP contribution in [0.25, 0.3) is 28.2 Å². The van der Waals surface area contributed by atoms with Crippen molar-refractivity contribution in [2.45, 2.75) is 5.54 Å². The van der Waals surface area contributed by atoms with E-state index in [1.54, 1.807) is 24.4 Å². The molecule has 39 heavy (non-hydrogen) atoms. The molecule has 188 valence electrons. The fourth-order valence-corrected chi connectivity index (χ4v) is 5.30. The number of fused-ring (bicyclic) bond motifs is 1. The Hall–Kier alpha value is -5.36. The average Bonchev–Trinajstić information content (AvgIpc) is 3.38. The van der Waals surface area contributed by atoms with E-state index in [-0.39, 0.29) is 10.6 Å². The molecule has 0 unspecified atom stereocenters. The van der Waals surface area contributed by atoms with Gasteiger partial charge in [-0.1, -0.05) is 97.6 Å². The Kier molecular flexibility index (Phi) is 6.05. The van der Waals surface area contributed by atoms with Gasteiger partial charge in [0.25, 0.3) is 5.69 Å². The molecule has 0 amide bonds. The van der Waals surface area contributed by atoms with Gasteiger partial charge in [-0.3, -0.25) is 15.1 Å². The van der Waals surface area contributed by atoms with E-state index in [0.717, 1.165) is 27.8 Å². The summed E-state index contributed by atoms with van der Waals surface area (Å²) in [7, 11) is 0. The number of nitro benzene ring substituents is 1. The third-order valence-corrected chi connectivity index (χ3v) is 7.03. The second-order valence-corrected chi connectivity index (χ2v) is 9.20. The number of aromatic nitrogens is 3. The van der Waals surface area contributed by atoms with E-state index in [4.69, 9.17) is 5.10 Å². The lowest BCUT2D eigenvalue weighted by atomic mass is 9.77. The molecule has 0 aliphatic heterocycles. The molecule has 6 aromatic rings.